The summed E-state index contributed by atoms with van der Waals surface area (Å²) in [6.45, 7) is 1.21. The number of carboxylic acid groups (broad SMARTS) is 1. The summed E-state index contributed by atoms with van der Waals surface area (Å²) in [5.41, 5.74) is 4.39. The van der Waals surface area contributed by atoms with Crippen LogP contribution in [0.1, 0.15) is 12.0 Å². The first-order chi connectivity index (χ1) is 9.17. The molecule has 2 rings (SSSR count). The fraction of sp³-hybridized carbons (Fsp3) is 0.417. The number of sulfonamides is 1. The van der Waals surface area contributed by atoms with E-state index in [1.807, 2.05) is 0 Å². The van der Waals surface area contributed by atoms with Gasteiger partial charge in [-0.1, -0.05) is 6.07 Å². The van der Waals surface area contributed by atoms with Gasteiger partial charge in [0, 0.05) is 13.1 Å². The summed E-state index contributed by atoms with van der Waals surface area (Å²) in [5, 5.41) is 9.00. The fourth-order valence-electron chi connectivity index (χ4n) is 2.06. The van der Waals surface area contributed by atoms with Gasteiger partial charge < -0.3 is 10.8 Å². The Morgan fingerprint density at radius 3 is 2.65 bits per heavy atom. The molecule has 1 heterocycles. The van der Waals surface area contributed by atoms with Crippen LogP contribution < -0.4 is 5.73 Å². The van der Waals surface area contributed by atoms with Crippen molar-refractivity contribution in [2.24, 2.45) is 5.73 Å². The maximum absolute atomic E-state index is 13.5. The van der Waals surface area contributed by atoms with E-state index in [-0.39, 0.29) is 24.4 Å². The highest BCUT2D eigenvalue weighted by molar-refractivity contribution is 7.89. The number of carboxylic acids is 1. The van der Waals surface area contributed by atoms with Gasteiger partial charge in [0.1, 0.15) is 11.4 Å². The van der Waals surface area contributed by atoms with Crippen molar-refractivity contribution in [2.45, 2.75) is 23.8 Å². The van der Waals surface area contributed by atoms with Crippen LogP contribution in [0.5, 0.6) is 0 Å². The van der Waals surface area contributed by atoms with E-state index in [2.05, 4.69) is 0 Å². The van der Waals surface area contributed by atoms with Gasteiger partial charge in [-0.3, -0.25) is 4.79 Å². The molecule has 1 aliphatic rings. The van der Waals surface area contributed by atoms with Crippen LogP contribution in [-0.2, 0) is 14.8 Å². The van der Waals surface area contributed by atoms with Crippen LogP contribution in [0.2, 0.25) is 0 Å². The molecule has 0 aliphatic carbocycles. The molecule has 1 fully saturated rings. The Hall–Kier alpha value is -1.51. The van der Waals surface area contributed by atoms with Crippen LogP contribution in [0.15, 0.2) is 23.1 Å². The molecule has 20 heavy (non-hydrogen) atoms. The molecule has 0 saturated carbocycles. The lowest BCUT2D eigenvalue weighted by molar-refractivity contribution is -0.142. The Bertz CT molecular complexity index is 661. The largest absolute Gasteiger partial charge is 0.480 e. The van der Waals surface area contributed by atoms with E-state index >= 15 is 0 Å². The maximum atomic E-state index is 13.5. The normalized spacial score (nSPS) is 23.9. The third-order valence-electron chi connectivity index (χ3n) is 3.47. The zero-order valence-corrected chi connectivity index (χ0v) is 11.7. The summed E-state index contributed by atoms with van der Waals surface area (Å²) >= 11 is 0. The highest BCUT2D eigenvalue weighted by Gasteiger charge is 2.45. The Balaban J connectivity index is 2.33. The fourth-order valence-corrected chi connectivity index (χ4v) is 3.58. The molecule has 1 atom stereocenters. The van der Waals surface area contributed by atoms with Crippen molar-refractivity contribution >= 4 is 16.0 Å². The number of benzene rings is 1. The highest BCUT2D eigenvalue weighted by Crippen LogP contribution is 2.26. The molecule has 1 saturated heterocycles. The van der Waals surface area contributed by atoms with Gasteiger partial charge in [-0.25, -0.2) is 12.8 Å². The second-order valence-corrected chi connectivity index (χ2v) is 6.90. The molecular formula is C12H15FN2O4S. The standard InChI is InChI=1S/C12H15FN2O4S/c1-8-2-3-9(6-10(8)13)20(18,19)15-5-4-12(14,7-15)11(16)17/h2-3,6H,4-5,7,14H2,1H3,(H,16,17). The Labute approximate surface area is 116 Å². The number of halogens is 1. The lowest BCUT2D eigenvalue weighted by Gasteiger charge is -2.20. The van der Waals surface area contributed by atoms with Crippen LogP contribution in [0.25, 0.3) is 0 Å². The van der Waals surface area contributed by atoms with Gasteiger partial charge in [-0.15, -0.1) is 0 Å². The first-order valence-electron chi connectivity index (χ1n) is 5.95. The first kappa shape index (κ1) is 14.9. The molecule has 1 aliphatic heterocycles. The molecular weight excluding hydrogens is 287 g/mol. The van der Waals surface area contributed by atoms with Crippen molar-refractivity contribution in [1.29, 1.82) is 0 Å². The number of carbonyl (C=O) groups is 1. The summed E-state index contributed by atoms with van der Waals surface area (Å²) in [4.78, 5) is 10.8. The van der Waals surface area contributed by atoms with E-state index in [9.17, 15) is 17.6 Å². The maximum Gasteiger partial charge on any atom is 0.325 e. The smallest absolute Gasteiger partial charge is 0.325 e. The second-order valence-electron chi connectivity index (χ2n) is 4.96. The second kappa shape index (κ2) is 4.80. The van der Waals surface area contributed by atoms with E-state index in [1.54, 1.807) is 0 Å². The van der Waals surface area contributed by atoms with Gasteiger partial charge in [-0.2, -0.15) is 4.31 Å². The number of aryl methyl sites for hydroxylation is 1. The molecule has 3 N–H and O–H groups in total. The van der Waals surface area contributed by atoms with Crippen LogP contribution >= 0.6 is 0 Å². The number of hydrogen-bond acceptors (Lipinski definition) is 4. The lowest BCUT2D eigenvalue weighted by atomic mass is 10.0. The van der Waals surface area contributed by atoms with Crippen LogP contribution in [-0.4, -0.2) is 42.4 Å². The topological polar surface area (TPSA) is 101 Å². The van der Waals surface area contributed by atoms with Crippen LogP contribution in [0.3, 0.4) is 0 Å². The van der Waals surface area contributed by atoms with E-state index in [1.165, 1.54) is 19.1 Å². The average molecular weight is 302 g/mol. The van der Waals surface area contributed by atoms with Gasteiger partial charge in [0.25, 0.3) is 0 Å². The van der Waals surface area contributed by atoms with E-state index < -0.39 is 27.3 Å². The molecule has 0 radical (unpaired) electrons. The van der Waals surface area contributed by atoms with Gasteiger partial charge in [0.15, 0.2) is 0 Å². The van der Waals surface area contributed by atoms with Crippen molar-refractivity contribution in [1.82, 2.24) is 4.31 Å². The molecule has 0 bridgehead atoms. The van der Waals surface area contributed by atoms with Crippen LogP contribution in [0.4, 0.5) is 4.39 Å². The van der Waals surface area contributed by atoms with Gasteiger partial charge in [-0.05, 0) is 31.0 Å². The summed E-state index contributed by atoms with van der Waals surface area (Å²) in [7, 11) is -3.93. The lowest BCUT2D eigenvalue weighted by Crippen LogP contribution is -2.50. The average Bonchev–Trinajstić information content (AvgIpc) is 2.77. The number of nitrogens with zero attached hydrogens (tertiary/aromatic N) is 1. The van der Waals surface area contributed by atoms with Gasteiger partial charge in [0.05, 0.1) is 4.90 Å². The molecule has 0 spiro atoms. The highest BCUT2D eigenvalue weighted by atomic mass is 32.2. The summed E-state index contributed by atoms with van der Waals surface area (Å²) in [6, 6.07) is 3.60. The third-order valence-corrected chi connectivity index (χ3v) is 5.31. The predicted octanol–water partition coefficient (Wildman–Crippen LogP) is 0.311. The van der Waals surface area contributed by atoms with E-state index in [0.717, 1.165) is 10.4 Å². The third kappa shape index (κ3) is 2.41. The molecule has 8 heteroatoms. The Morgan fingerprint density at radius 1 is 1.50 bits per heavy atom. The zero-order chi connectivity index (χ0) is 15.1. The minimum absolute atomic E-state index is 0.000624. The molecule has 110 valence electrons. The molecule has 0 aromatic heterocycles. The molecule has 0 amide bonds. The SMILES string of the molecule is Cc1ccc(S(=O)(=O)N2CCC(N)(C(=O)O)C2)cc1F. The molecule has 1 aromatic carbocycles. The zero-order valence-electron chi connectivity index (χ0n) is 10.8. The first-order valence-corrected chi connectivity index (χ1v) is 7.39. The van der Waals surface area contributed by atoms with Crippen molar-refractivity contribution in [3.05, 3.63) is 29.6 Å². The van der Waals surface area contributed by atoms with Crippen molar-refractivity contribution in [3.63, 3.8) is 0 Å². The van der Waals surface area contributed by atoms with Gasteiger partial charge >= 0.3 is 5.97 Å². The number of rotatable bonds is 3. The summed E-state index contributed by atoms with van der Waals surface area (Å²) in [5.74, 6) is -1.87. The predicted molar refractivity (Wildman–Crippen MR) is 69.1 cm³/mol. The van der Waals surface area contributed by atoms with E-state index in [0.29, 0.717) is 5.56 Å². The minimum atomic E-state index is -3.93. The summed E-state index contributed by atoms with van der Waals surface area (Å²) < 4.78 is 39.1. The number of nitrogens with two attached hydrogens (primary N) is 1. The molecule has 1 unspecified atom stereocenters. The molecule has 1 aromatic rings. The number of hydrogen-bond donors (Lipinski definition) is 2. The van der Waals surface area contributed by atoms with Crippen molar-refractivity contribution in [3.8, 4) is 0 Å². The Morgan fingerprint density at radius 2 is 2.15 bits per heavy atom. The van der Waals surface area contributed by atoms with Crippen molar-refractivity contribution < 1.29 is 22.7 Å². The Kier molecular flexibility index (Phi) is 3.57. The van der Waals surface area contributed by atoms with E-state index in [4.69, 9.17) is 10.8 Å². The number of aliphatic carboxylic acids is 1. The molecule has 6 nitrogen and oxygen atoms in total. The van der Waals surface area contributed by atoms with Crippen molar-refractivity contribution in [2.75, 3.05) is 13.1 Å². The van der Waals surface area contributed by atoms with Gasteiger partial charge in [0.2, 0.25) is 10.0 Å². The monoisotopic (exact) mass is 302 g/mol. The minimum Gasteiger partial charge on any atom is -0.480 e. The quantitative estimate of drug-likeness (QED) is 0.837. The summed E-state index contributed by atoms with van der Waals surface area (Å²) in [6.07, 6.45) is 0.0237. The van der Waals surface area contributed by atoms with Crippen LogP contribution in [0, 0.1) is 12.7 Å².